The first-order valence-electron chi connectivity index (χ1n) is 11.4. The van der Waals surface area contributed by atoms with Gasteiger partial charge >= 0.3 is 0 Å². The van der Waals surface area contributed by atoms with E-state index in [1.165, 1.54) is 0 Å². The van der Waals surface area contributed by atoms with E-state index in [-0.39, 0.29) is 17.7 Å². The van der Waals surface area contributed by atoms with E-state index < -0.39 is 33.9 Å². The number of primary amides is 1. The first-order valence-corrected chi connectivity index (χ1v) is 12.9. The zero-order valence-corrected chi connectivity index (χ0v) is 20.3. The third kappa shape index (κ3) is 6.01. The van der Waals surface area contributed by atoms with Crippen molar-refractivity contribution in [2.24, 2.45) is 5.73 Å². The lowest BCUT2D eigenvalue weighted by Crippen LogP contribution is -2.53. The van der Waals surface area contributed by atoms with Gasteiger partial charge in [-0.05, 0) is 35.4 Å². The molecule has 0 aliphatic heterocycles. The van der Waals surface area contributed by atoms with Crippen LogP contribution in [0.15, 0.2) is 71.6 Å². The summed E-state index contributed by atoms with van der Waals surface area (Å²) in [5.41, 5.74) is 7.40. The normalized spacial score (nSPS) is 13.4. The van der Waals surface area contributed by atoms with Gasteiger partial charge in [-0.25, -0.2) is 8.42 Å². The lowest BCUT2D eigenvalue weighted by atomic mass is 10.0. The Labute approximate surface area is 200 Å². The monoisotopic (exact) mass is 481 g/mol. The van der Waals surface area contributed by atoms with Crippen molar-refractivity contribution in [1.82, 2.24) is 10.0 Å². The van der Waals surface area contributed by atoms with Gasteiger partial charge in [0, 0.05) is 11.8 Å². The highest BCUT2D eigenvalue weighted by atomic mass is 32.2. The fourth-order valence-corrected chi connectivity index (χ4v) is 5.45. The van der Waals surface area contributed by atoms with Gasteiger partial charge < -0.3 is 11.1 Å². The molecule has 0 aliphatic carbocycles. The summed E-state index contributed by atoms with van der Waals surface area (Å²) in [6.07, 6.45) is 1.82. The highest BCUT2D eigenvalue weighted by molar-refractivity contribution is 7.89. The van der Waals surface area contributed by atoms with Gasteiger partial charge in [0.1, 0.15) is 12.1 Å². The summed E-state index contributed by atoms with van der Waals surface area (Å²) in [5.74, 6) is -1.27. The number of hydrogen-bond donors (Lipinski definition) is 3. The number of nitrogens with one attached hydrogen (secondary N) is 2. The second-order valence-electron chi connectivity index (χ2n) is 8.24. The Morgan fingerprint density at radius 3 is 2.15 bits per heavy atom. The zero-order chi connectivity index (χ0) is 24.7. The molecule has 3 rings (SSSR count). The molecule has 180 valence electrons. The quantitative estimate of drug-likeness (QED) is 0.390. The van der Waals surface area contributed by atoms with Crippen molar-refractivity contribution < 1.29 is 18.0 Å². The van der Waals surface area contributed by atoms with E-state index in [9.17, 15) is 18.0 Å². The number of amides is 2. The molecule has 0 spiro atoms. The van der Waals surface area contributed by atoms with Gasteiger partial charge in [-0.2, -0.15) is 4.72 Å². The number of carbonyl (C=O) groups is 2. The smallest absolute Gasteiger partial charge is 0.241 e. The summed E-state index contributed by atoms with van der Waals surface area (Å²) in [7, 11) is -4.02. The molecule has 0 aliphatic rings. The third-order valence-electron chi connectivity index (χ3n) is 5.78. The highest BCUT2D eigenvalue weighted by Gasteiger charge is 2.29. The van der Waals surface area contributed by atoms with Gasteiger partial charge in [-0.3, -0.25) is 9.59 Å². The van der Waals surface area contributed by atoms with Crippen molar-refractivity contribution in [2.75, 3.05) is 0 Å². The lowest BCUT2D eigenvalue weighted by molar-refractivity contribution is -0.128. The first kappa shape index (κ1) is 25.4. The largest absolute Gasteiger partial charge is 0.368 e. The molecule has 3 aromatic carbocycles. The summed E-state index contributed by atoms with van der Waals surface area (Å²) >= 11 is 0. The molecular formula is C26H31N3O4S. The highest BCUT2D eigenvalue weighted by Crippen LogP contribution is 2.27. The summed E-state index contributed by atoms with van der Waals surface area (Å²) < 4.78 is 29.3. The minimum atomic E-state index is -4.02. The molecule has 2 atom stereocenters. The Hall–Kier alpha value is -3.23. The van der Waals surface area contributed by atoms with Crippen LogP contribution in [-0.2, 0) is 32.5 Å². The Kier molecular flexibility index (Phi) is 8.41. The van der Waals surface area contributed by atoms with Crippen molar-refractivity contribution in [3.05, 3.63) is 77.9 Å². The number of nitrogens with two attached hydrogens (primary N) is 1. The molecule has 0 fully saturated rings. The lowest BCUT2D eigenvalue weighted by Gasteiger charge is -2.22. The number of benzene rings is 3. The minimum absolute atomic E-state index is 0.116. The number of rotatable bonds is 11. The van der Waals surface area contributed by atoms with Crippen LogP contribution in [0.5, 0.6) is 0 Å². The van der Waals surface area contributed by atoms with E-state index in [0.717, 1.165) is 22.9 Å². The standard InChI is InChI=1S/C26H31N3O4S/c1-3-10-22(26(31)28-23(25(27)30)17-18-11-6-5-7-12-18)29-34(32,33)24-16-15-19(4-2)20-13-8-9-14-21(20)24/h5-9,11-16,22-23,29H,3-4,10,17H2,1-2H3,(H2,27,30)(H,28,31)/t22-,23-/m0/s1. The van der Waals surface area contributed by atoms with Crippen LogP contribution in [0, 0.1) is 0 Å². The van der Waals surface area contributed by atoms with Gasteiger partial charge in [-0.15, -0.1) is 0 Å². The maximum atomic E-state index is 13.4. The van der Waals surface area contributed by atoms with Crippen LogP contribution in [-0.4, -0.2) is 32.3 Å². The zero-order valence-electron chi connectivity index (χ0n) is 19.5. The van der Waals surface area contributed by atoms with Gasteiger partial charge in [0.05, 0.1) is 4.90 Å². The Morgan fingerprint density at radius 1 is 0.882 bits per heavy atom. The average Bonchev–Trinajstić information content (AvgIpc) is 2.83. The van der Waals surface area contributed by atoms with Crippen LogP contribution < -0.4 is 15.8 Å². The van der Waals surface area contributed by atoms with E-state index in [2.05, 4.69) is 10.0 Å². The molecule has 0 radical (unpaired) electrons. The van der Waals surface area contributed by atoms with Crippen molar-refractivity contribution >= 4 is 32.6 Å². The van der Waals surface area contributed by atoms with E-state index in [4.69, 9.17) is 5.73 Å². The number of aryl methyl sites for hydroxylation is 1. The SMILES string of the molecule is CCC[C@H](NS(=O)(=O)c1ccc(CC)c2ccccc12)C(=O)N[C@@H](Cc1ccccc1)C(N)=O. The second kappa shape index (κ2) is 11.3. The van der Waals surface area contributed by atoms with E-state index in [0.29, 0.717) is 11.8 Å². The minimum Gasteiger partial charge on any atom is -0.368 e. The fraction of sp³-hybridized carbons (Fsp3) is 0.308. The number of fused-ring (bicyclic) bond motifs is 1. The Bertz CT molecular complexity index is 1260. The van der Waals surface area contributed by atoms with Gasteiger partial charge in [-0.1, -0.05) is 80.9 Å². The second-order valence-corrected chi connectivity index (χ2v) is 9.92. The van der Waals surface area contributed by atoms with Crippen LogP contribution in [0.25, 0.3) is 10.8 Å². The van der Waals surface area contributed by atoms with Gasteiger partial charge in [0.2, 0.25) is 21.8 Å². The summed E-state index contributed by atoms with van der Waals surface area (Å²) in [6.45, 7) is 3.87. The molecule has 0 aromatic heterocycles. The predicted molar refractivity (Wildman–Crippen MR) is 134 cm³/mol. The Morgan fingerprint density at radius 2 is 1.53 bits per heavy atom. The topological polar surface area (TPSA) is 118 Å². The number of hydrogen-bond acceptors (Lipinski definition) is 4. The molecule has 34 heavy (non-hydrogen) atoms. The van der Waals surface area contributed by atoms with Crippen LogP contribution in [0.4, 0.5) is 0 Å². The molecule has 0 saturated carbocycles. The van der Waals surface area contributed by atoms with Crippen LogP contribution in [0.1, 0.15) is 37.8 Å². The van der Waals surface area contributed by atoms with Crippen LogP contribution >= 0.6 is 0 Å². The van der Waals surface area contributed by atoms with E-state index in [1.807, 2.05) is 56.3 Å². The van der Waals surface area contributed by atoms with Crippen molar-refractivity contribution in [2.45, 2.75) is 56.5 Å². The molecule has 2 amide bonds. The summed E-state index contributed by atoms with van der Waals surface area (Å²) in [4.78, 5) is 25.2. The molecule has 8 heteroatoms. The van der Waals surface area contributed by atoms with Gasteiger partial charge in [0.25, 0.3) is 0 Å². The maximum absolute atomic E-state index is 13.4. The predicted octanol–water partition coefficient (Wildman–Crippen LogP) is 3.06. The molecule has 0 bridgehead atoms. The Balaban J connectivity index is 1.85. The van der Waals surface area contributed by atoms with E-state index >= 15 is 0 Å². The number of sulfonamides is 1. The van der Waals surface area contributed by atoms with E-state index in [1.54, 1.807) is 24.3 Å². The van der Waals surface area contributed by atoms with Crippen molar-refractivity contribution in [3.8, 4) is 0 Å². The van der Waals surface area contributed by atoms with Crippen LogP contribution in [0.2, 0.25) is 0 Å². The molecule has 0 unspecified atom stereocenters. The molecule has 4 N–H and O–H groups in total. The third-order valence-corrected chi connectivity index (χ3v) is 7.31. The van der Waals surface area contributed by atoms with Gasteiger partial charge in [0.15, 0.2) is 0 Å². The molecule has 7 nitrogen and oxygen atoms in total. The number of carbonyl (C=O) groups excluding carboxylic acids is 2. The summed E-state index contributed by atoms with van der Waals surface area (Å²) in [5, 5.41) is 4.10. The first-order chi connectivity index (χ1) is 16.3. The van der Waals surface area contributed by atoms with Crippen molar-refractivity contribution in [3.63, 3.8) is 0 Å². The molecule has 0 saturated heterocycles. The average molecular weight is 482 g/mol. The van der Waals surface area contributed by atoms with Crippen LogP contribution in [0.3, 0.4) is 0 Å². The molecular weight excluding hydrogens is 450 g/mol. The maximum Gasteiger partial charge on any atom is 0.241 e. The molecule has 3 aromatic rings. The summed E-state index contributed by atoms with van der Waals surface area (Å²) in [6, 6.07) is 17.9. The molecule has 0 heterocycles. The fourth-order valence-electron chi connectivity index (χ4n) is 4.00. The van der Waals surface area contributed by atoms with Crippen molar-refractivity contribution in [1.29, 1.82) is 0 Å².